The molecule has 3 atom stereocenters. The molecular weight excluding hydrogens is 537 g/mol. The molecule has 0 heterocycles. The van der Waals surface area contributed by atoms with Gasteiger partial charge in [-0.3, -0.25) is 4.79 Å². The molecule has 1 aromatic rings. The van der Waals surface area contributed by atoms with Gasteiger partial charge in [-0.25, -0.2) is 4.39 Å². The Labute approximate surface area is 240 Å². The van der Waals surface area contributed by atoms with Crippen molar-refractivity contribution in [3.8, 4) is 0 Å². The summed E-state index contributed by atoms with van der Waals surface area (Å²) in [6, 6.07) is 3.19. The van der Waals surface area contributed by atoms with Crippen LogP contribution in [0, 0.1) is 17.7 Å². The van der Waals surface area contributed by atoms with Gasteiger partial charge in [-0.05, 0) is 106 Å². The molecule has 0 saturated heterocycles. The van der Waals surface area contributed by atoms with E-state index in [2.05, 4.69) is 35.2 Å². The molecule has 2 aliphatic rings. The Bertz CT molecular complexity index is 1160. The lowest BCUT2D eigenvalue weighted by Crippen LogP contribution is -2.29. The van der Waals surface area contributed by atoms with Crippen molar-refractivity contribution in [1.82, 2.24) is 16.0 Å². The van der Waals surface area contributed by atoms with Gasteiger partial charge in [0.05, 0.1) is 5.56 Å². The summed E-state index contributed by atoms with van der Waals surface area (Å²) < 4.78 is 65.7. The number of halogens is 5. The van der Waals surface area contributed by atoms with Gasteiger partial charge in [-0.15, -0.1) is 0 Å². The van der Waals surface area contributed by atoms with Gasteiger partial charge in [-0.1, -0.05) is 31.4 Å². The largest absolute Gasteiger partial charge is 0.416 e. The molecule has 1 saturated carbocycles. The molecule has 1 fully saturated rings. The maximum Gasteiger partial charge on any atom is 0.416 e. The van der Waals surface area contributed by atoms with Gasteiger partial charge in [0, 0.05) is 31.2 Å². The van der Waals surface area contributed by atoms with Crippen molar-refractivity contribution < 1.29 is 26.7 Å². The second kappa shape index (κ2) is 16.3. The third kappa shape index (κ3) is 12.5. The highest BCUT2D eigenvalue weighted by Gasteiger charge is 2.31. The number of hydrogen-bond acceptors (Lipinski definition) is 3. The maximum atomic E-state index is 13.6. The predicted molar refractivity (Wildman–Crippen MR) is 154 cm³/mol. The summed E-state index contributed by atoms with van der Waals surface area (Å²) in [5, 5.41) is 9.36. The first-order valence-corrected chi connectivity index (χ1v) is 14.1. The van der Waals surface area contributed by atoms with E-state index in [-0.39, 0.29) is 35.8 Å². The maximum absolute atomic E-state index is 13.6. The normalized spacial score (nSPS) is 19.1. The Kier molecular flexibility index (Phi) is 13.6. The molecule has 226 valence electrons. The van der Waals surface area contributed by atoms with Crippen LogP contribution in [0.2, 0.25) is 0 Å². The van der Waals surface area contributed by atoms with Crippen molar-refractivity contribution in [1.29, 1.82) is 0 Å². The van der Waals surface area contributed by atoms with E-state index in [9.17, 15) is 26.7 Å². The smallest absolute Gasteiger partial charge is 0.385 e. The van der Waals surface area contributed by atoms with Crippen molar-refractivity contribution in [2.75, 3.05) is 6.54 Å². The average Bonchev–Trinajstić information content (AvgIpc) is 3.25. The van der Waals surface area contributed by atoms with E-state index < -0.39 is 17.6 Å². The summed E-state index contributed by atoms with van der Waals surface area (Å²) in [7, 11) is 0. The Balaban J connectivity index is 0.000000745. The van der Waals surface area contributed by atoms with Crippen LogP contribution in [-0.2, 0) is 17.5 Å². The Morgan fingerprint density at radius 1 is 1.15 bits per heavy atom. The fourth-order valence-electron chi connectivity index (χ4n) is 5.00. The van der Waals surface area contributed by atoms with Crippen molar-refractivity contribution in [3.63, 3.8) is 0 Å². The Hall–Kier alpha value is -3.16. The second-order valence-electron chi connectivity index (χ2n) is 10.8. The van der Waals surface area contributed by atoms with Gasteiger partial charge in [-0.2, -0.15) is 17.6 Å². The van der Waals surface area contributed by atoms with Crippen LogP contribution in [-0.4, -0.2) is 24.5 Å². The number of nitrogens with one attached hydrogen (secondary N) is 3. The van der Waals surface area contributed by atoms with Crippen molar-refractivity contribution in [2.45, 2.75) is 84.6 Å². The van der Waals surface area contributed by atoms with Crippen molar-refractivity contribution in [3.05, 3.63) is 88.9 Å². The number of hydrogen-bond donors (Lipinski definition) is 3. The van der Waals surface area contributed by atoms with Crippen LogP contribution in [0.4, 0.5) is 22.0 Å². The van der Waals surface area contributed by atoms with Gasteiger partial charge < -0.3 is 16.0 Å². The van der Waals surface area contributed by atoms with E-state index in [1.807, 2.05) is 26.0 Å². The number of carbonyl (C=O) groups excluding carboxylic acids is 1. The lowest BCUT2D eigenvalue weighted by atomic mass is 9.92. The highest BCUT2D eigenvalue weighted by molar-refractivity contribution is 5.73. The van der Waals surface area contributed by atoms with Crippen LogP contribution in [0.15, 0.2) is 71.9 Å². The SMILES string of the molecule is C=C(NCc1cc(F)cc(C(F)(F)F)c1)[C@H]1CC[C@@H](NCCC(CC)C2=CC=C=C(F)C=C2)C1.CC(=O)NC(C)C. The highest BCUT2D eigenvalue weighted by Crippen LogP contribution is 2.32. The van der Waals surface area contributed by atoms with Crippen molar-refractivity contribution >= 4 is 5.91 Å². The number of alkyl halides is 3. The standard InChI is InChI=1S/C27H31F5N2.C5H11NO/c1-3-20(21-5-4-6-24(28)9-7-21)11-12-33-26-10-8-22(15-26)18(2)34-17-19-13-23(27(30,31)32)16-25(29)14-19;1-4(2)6-5(3)7/h4-5,7,9,13-14,16,20,22,26,33-34H,2-3,8,10-12,15,17H2,1H3;4H,1-3H3,(H,6,7)/t20?,22-,26+;/m0./s1. The summed E-state index contributed by atoms with van der Waals surface area (Å²) in [4.78, 5) is 10.1. The first-order valence-electron chi connectivity index (χ1n) is 14.1. The number of rotatable bonds is 11. The number of allylic oxidation sites excluding steroid dienone is 6. The van der Waals surface area contributed by atoms with Crippen LogP contribution in [0.3, 0.4) is 0 Å². The third-order valence-electron chi connectivity index (χ3n) is 7.03. The van der Waals surface area contributed by atoms with Crippen LogP contribution in [0.25, 0.3) is 0 Å². The van der Waals surface area contributed by atoms with Gasteiger partial charge in [0.25, 0.3) is 0 Å². The molecule has 0 spiro atoms. The predicted octanol–water partition coefficient (Wildman–Crippen LogP) is 7.66. The minimum Gasteiger partial charge on any atom is -0.385 e. The van der Waals surface area contributed by atoms with E-state index in [4.69, 9.17) is 0 Å². The zero-order chi connectivity index (χ0) is 30.6. The minimum atomic E-state index is -4.58. The topological polar surface area (TPSA) is 53.2 Å². The van der Waals surface area contributed by atoms with Crippen LogP contribution in [0.1, 0.15) is 70.9 Å². The Morgan fingerprint density at radius 3 is 2.49 bits per heavy atom. The van der Waals surface area contributed by atoms with Crippen LogP contribution < -0.4 is 16.0 Å². The molecule has 3 rings (SSSR count). The summed E-state index contributed by atoms with van der Waals surface area (Å²) in [5.74, 6) is -0.699. The summed E-state index contributed by atoms with van der Waals surface area (Å²) in [6.07, 6.45) is 6.91. The Morgan fingerprint density at radius 2 is 1.88 bits per heavy atom. The molecule has 3 N–H and O–H groups in total. The monoisotopic (exact) mass is 579 g/mol. The molecule has 0 bridgehead atoms. The molecule has 0 aromatic heterocycles. The van der Waals surface area contributed by atoms with E-state index in [1.54, 1.807) is 6.08 Å². The first-order chi connectivity index (χ1) is 19.3. The van der Waals surface area contributed by atoms with Crippen LogP contribution >= 0.6 is 0 Å². The van der Waals surface area contributed by atoms with Crippen LogP contribution in [0.5, 0.6) is 0 Å². The lowest BCUT2D eigenvalue weighted by molar-refractivity contribution is -0.137. The zero-order valence-corrected chi connectivity index (χ0v) is 24.3. The molecule has 2 aliphatic carbocycles. The fraction of sp³-hybridized carbons (Fsp3) is 0.500. The zero-order valence-electron chi connectivity index (χ0n) is 24.3. The molecule has 1 amide bonds. The number of amides is 1. The van der Waals surface area contributed by atoms with E-state index in [0.717, 1.165) is 62.1 Å². The van der Waals surface area contributed by atoms with Gasteiger partial charge in [0.15, 0.2) is 5.83 Å². The first kappa shape index (κ1) is 34.0. The van der Waals surface area contributed by atoms with Crippen molar-refractivity contribution in [2.24, 2.45) is 11.8 Å². The van der Waals surface area contributed by atoms with Gasteiger partial charge >= 0.3 is 6.18 Å². The molecule has 41 heavy (non-hydrogen) atoms. The summed E-state index contributed by atoms with van der Waals surface area (Å²) in [6.45, 7) is 12.5. The molecule has 1 unspecified atom stereocenters. The molecule has 9 heteroatoms. The molecule has 0 aliphatic heterocycles. The molecule has 4 nitrogen and oxygen atoms in total. The number of benzene rings is 1. The quantitative estimate of drug-likeness (QED) is 0.186. The van der Waals surface area contributed by atoms with E-state index in [1.165, 1.54) is 13.0 Å². The number of carbonyl (C=O) groups is 1. The summed E-state index contributed by atoms with van der Waals surface area (Å²) >= 11 is 0. The molecular formula is C32H42F5N3O. The van der Waals surface area contributed by atoms with Gasteiger partial charge in [0.1, 0.15) is 5.82 Å². The minimum absolute atomic E-state index is 0.0370. The third-order valence-corrected chi connectivity index (χ3v) is 7.03. The average molecular weight is 580 g/mol. The van der Waals surface area contributed by atoms with E-state index in [0.29, 0.717) is 18.0 Å². The van der Waals surface area contributed by atoms with Gasteiger partial charge in [0.2, 0.25) is 5.91 Å². The summed E-state index contributed by atoms with van der Waals surface area (Å²) in [5.41, 5.74) is 3.67. The second-order valence-corrected chi connectivity index (χ2v) is 10.8. The molecule has 0 radical (unpaired) electrons. The molecule has 1 aromatic carbocycles. The van der Waals surface area contributed by atoms with E-state index >= 15 is 0 Å². The highest BCUT2D eigenvalue weighted by atomic mass is 19.4. The lowest BCUT2D eigenvalue weighted by Gasteiger charge is -2.20. The fourth-order valence-corrected chi connectivity index (χ4v) is 5.00.